The lowest BCUT2D eigenvalue weighted by molar-refractivity contribution is 0.271. The number of nitrogens with one attached hydrogen (secondary N) is 2. The normalized spacial score (nSPS) is 11.9. The molecule has 0 saturated carbocycles. The summed E-state index contributed by atoms with van der Waals surface area (Å²) in [6, 6.07) is 17.7. The third-order valence-corrected chi connectivity index (χ3v) is 4.67. The van der Waals surface area contributed by atoms with Crippen LogP contribution in [0.2, 0.25) is 0 Å². The third-order valence-electron chi connectivity index (χ3n) is 4.67. The van der Waals surface area contributed by atoms with Crippen LogP contribution in [0.25, 0.3) is 29.6 Å². The molecule has 2 N–H and O–H groups in total. The van der Waals surface area contributed by atoms with Gasteiger partial charge in [-0.25, -0.2) is 4.68 Å². The van der Waals surface area contributed by atoms with Crippen LogP contribution in [0.3, 0.4) is 0 Å². The van der Waals surface area contributed by atoms with Gasteiger partial charge in [0.15, 0.2) is 0 Å². The van der Waals surface area contributed by atoms with Crippen LogP contribution in [0.15, 0.2) is 65.6 Å². The fourth-order valence-corrected chi connectivity index (χ4v) is 3.11. The summed E-state index contributed by atoms with van der Waals surface area (Å²) in [6.45, 7) is 8.79. The third kappa shape index (κ3) is 4.12. The van der Waals surface area contributed by atoms with E-state index < -0.39 is 0 Å². The van der Waals surface area contributed by atoms with E-state index >= 15 is 0 Å². The maximum absolute atomic E-state index is 12.1. The van der Waals surface area contributed by atoms with Crippen LogP contribution in [0.5, 0.6) is 5.75 Å². The number of hydrogen-bond donors (Lipinski definition) is 2. The van der Waals surface area contributed by atoms with Crippen molar-refractivity contribution < 1.29 is 4.74 Å². The number of hydrogen-bond acceptors (Lipinski definition) is 3. The van der Waals surface area contributed by atoms with Crippen LogP contribution < -0.4 is 20.9 Å². The number of nitrogens with zero attached hydrogens (tertiary/aromatic N) is 2. The van der Waals surface area contributed by atoms with Crippen LogP contribution >= 0.6 is 0 Å². The maximum Gasteiger partial charge on any atom is 0.271 e. The van der Waals surface area contributed by atoms with Crippen molar-refractivity contribution >= 4 is 12.7 Å². The summed E-state index contributed by atoms with van der Waals surface area (Å²) in [5, 5.41) is 11.2. The highest BCUT2D eigenvalue weighted by molar-refractivity contribution is 5.72. The van der Waals surface area contributed by atoms with E-state index in [9.17, 15) is 4.79 Å². The maximum atomic E-state index is 12.1. The molecule has 0 fully saturated rings. The predicted octanol–water partition coefficient (Wildman–Crippen LogP) is 2.83. The van der Waals surface area contributed by atoms with E-state index in [2.05, 4.69) is 30.6 Å². The van der Waals surface area contributed by atoms with E-state index in [0.717, 1.165) is 28.3 Å². The number of para-hydroxylation sites is 1. The van der Waals surface area contributed by atoms with E-state index in [1.165, 1.54) is 0 Å². The second-order valence-electron chi connectivity index (χ2n) is 7.56. The van der Waals surface area contributed by atoms with Gasteiger partial charge in [0.25, 0.3) is 5.56 Å². The molecule has 0 spiro atoms. The predicted molar refractivity (Wildman–Crippen MR) is 119 cm³/mol. The molecule has 0 saturated heterocycles. The van der Waals surface area contributed by atoms with Crippen molar-refractivity contribution in [2.75, 3.05) is 6.61 Å². The molecule has 0 atom stereocenters. The zero-order valence-corrected chi connectivity index (χ0v) is 17.1. The fraction of sp³-hybridized carbons (Fsp3) is 0.167. The van der Waals surface area contributed by atoms with Gasteiger partial charge in [0.2, 0.25) is 0 Å². The largest absolute Gasteiger partial charge is 0.493 e. The Bertz CT molecular complexity index is 1270. The first-order valence-electron chi connectivity index (χ1n) is 9.87. The molecule has 4 rings (SSSR count). The minimum absolute atomic E-state index is 0.212. The average molecular weight is 400 g/mol. The van der Waals surface area contributed by atoms with Crippen LogP contribution in [-0.2, 0) is 0 Å². The molecule has 6 nitrogen and oxygen atoms in total. The summed E-state index contributed by atoms with van der Waals surface area (Å²) in [7, 11) is 0. The van der Waals surface area contributed by atoms with Crippen molar-refractivity contribution in [3.05, 3.63) is 87.3 Å². The molecule has 0 radical (unpaired) electrons. The Hall–Kier alpha value is -3.80. The summed E-state index contributed by atoms with van der Waals surface area (Å²) in [4.78, 5) is 12.1. The first-order chi connectivity index (χ1) is 14.5. The van der Waals surface area contributed by atoms with Gasteiger partial charge in [-0.3, -0.25) is 15.0 Å². The molecule has 152 valence electrons. The monoisotopic (exact) mass is 400 g/mol. The van der Waals surface area contributed by atoms with Crippen molar-refractivity contribution in [1.82, 2.24) is 20.0 Å². The fourth-order valence-electron chi connectivity index (χ4n) is 3.11. The molecule has 0 amide bonds. The Labute approximate surface area is 174 Å². The summed E-state index contributed by atoms with van der Waals surface area (Å²) >= 11 is 0. The van der Waals surface area contributed by atoms with Gasteiger partial charge in [0.05, 0.1) is 28.6 Å². The van der Waals surface area contributed by atoms with Gasteiger partial charge in [-0.05, 0) is 48.4 Å². The number of H-pyrrole nitrogens is 2. The van der Waals surface area contributed by atoms with E-state index in [4.69, 9.17) is 9.84 Å². The van der Waals surface area contributed by atoms with Gasteiger partial charge >= 0.3 is 0 Å². The van der Waals surface area contributed by atoms with Gasteiger partial charge in [-0.2, -0.15) is 5.10 Å². The lowest BCUT2D eigenvalue weighted by Gasteiger charge is -2.09. The molecule has 0 aliphatic heterocycles. The molecule has 2 heterocycles. The van der Waals surface area contributed by atoms with Crippen molar-refractivity contribution in [2.45, 2.75) is 13.8 Å². The Morgan fingerprint density at radius 2 is 1.83 bits per heavy atom. The Morgan fingerprint density at radius 3 is 2.47 bits per heavy atom. The second kappa shape index (κ2) is 8.29. The number of ether oxygens (including phenoxy) is 1. The minimum Gasteiger partial charge on any atom is -0.493 e. The summed E-state index contributed by atoms with van der Waals surface area (Å²) in [6.07, 6.45) is 3.72. The van der Waals surface area contributed by atoms with E-state index in [-0.39, 0.29) is 5.56 Å². The first kappa shape index (κ1) is 19.5. The summed E-state index contributed by atoms with van der Waals surface area (Å²) < 4.78 is 7.60. The van der Waals surface area contributed by atoms with Gasteiger partial charge < -0.3 is 4.74 Å². The summed E-state index contributed by atoms with van der Waals surface area (Å²) in [5.41, 5.74) is 3.26. The SMILES string of the molecule is C=c1[nH][nH]c(=O)/c1=C/c1cn(-c2ccccc2)nc1-c1ccc(OCC(C)C)cc1. The van der Waals surface area contributed by atoms with Crippen molar-refractivity contribution in [3.8, 4) is 22.7 Å². The lowest BCUT2D eigenvalue weighted by atomic mass is 10.1. The molecule has 4 aromatic rings. The van der Waals surface area contributed by atoms with Crippen LogP contribution in [-0.4, -0.2) is 26.6 Å². The number of rotatable bonds is 6. The quantitative estimate of drug-likeness (QED) is 0.523. The smallest absolute Gasteiger partial charge is 0.271 e. The molecule has 0 unspecified atom stereocenters. The van der Waals surface area contributed by atoms with Gasteiger partial charge in [0, 0.05) is 17.3 Å². The molecule has 30 heavy (non-hydrogen) atoms. The first-order valence-corrected chi connectivity index (χ1v) is 9.87. The Morgan fingerprint density at radius 1 is 1.10 bits per heavy atom. The molecule has 0 bridgehead atoms. The Kier molecular flexibility index (Phi) is 5.39. The van der Waals surface area contributed by atoms with Crippen molar-refractivity contribution in [3.63, 3.8) is 0 Å². The molecule has 2 aromatic heterocycles. The van der Waals surface area contributed by atoms with Crippen LogP contribution in [0.1, 0.15) is 19.4 Å². The molecule has 0 aliphatic rings. The highest BCUT2D eigenvalue weighted by atomic mass is 16.5. The average Bonchev–Trinajstić information content (AvgIpc) is 3.32. The number of aromatic amines is 2. The molecular formula is C24H24N4O2. The standard InChI is InChI=1S/C24H24N4O2/c1-16(2)15-30-21-11-9-18(10-12-21)23-19(13-22-17(3)25-26-24(22)29)14-28(27-23)20-7-5-4-6-8-20/h4-14,16,25H,3,15H2,1-2H3,(H,26,29)/b22-13+. The highest BCUT2D eigenvalue weighted by Crippen LogP contribution is 2.26. The van der Waals surface area contributed by atoms with Crippen molar-refractivity contribution in [1.29, 1.82) is 0 Å². The van der Waals surface area contributed by atoms with Crippen LogP contribution in [0, 0.1) is 5.92 Å². The second-order valence-corrected chi connectivity index (χ2v) is 7.56. The van der Waals surface area contributed by atoms with Crippen molar-refractivity contribution in [2.24, 2.45) is 5.92 Å². The Balaban J connectivity index is 1.80. The number of aromatic nitrogens is 4. The molecule has 0 aliphatic carbocycles. The molecule has 2 aromatic carbocycles. The highest BCUT2D eigenvalue weighted by Gasteiger charge is 2.12. The zero-order chi connectivity index (χ0) is 21.1. The van der Waals surface area contributed by atoms with Gasteiger partial charge in [0.1, 0.15) is 5.75 Å². The minimum atomic E-state index is -0.212. The zero-order valence-electron chi connectivity index (χ0n) is 17.1. The molecular weight excluding hydrogens is 376 g/mol. The van der Waals surface area contributed by atoms with E-state index in [1.807, 2.05) is 71.6 Å². The van der Waals surface area contributed by atoms with E-state index in [0.29, 0.717) is 23.1 Å². The van der Waals surface area contributed by atoms with Gasteiger partial charge in [-0.1, -0.05) is 38.6 Å². The lowest BCUT2D eigenvalue weighted by Crippen LogP contribution is -2.32. The van der Waals surface area contributed by atoms with E-state index in [1.54, 1.807) is 0 Å². The molecule has 6 heteroatoms. The number of benzene rings is 2. The van der Waals surface area contributed by atoms with Gasteiger partial charge in [-0.15, -0.1) is 0 Å². The topological polar surface area (TPSA) is 75.7 Å². The van der Waals surface area contributed by atoms with Crippen LogP contribution in [0.4, 0.5) is 0 Å². The summed E-state index contributed by atoms with van der Waals surface area (Å²) in [5.74, 6) is 1.28.